The standard InChI is InChI=1S/C32H41N5O4S/c1-21(2)10-15-36-30(39)28(42-31(36)22-8-9-26-27(18-22)41-17-16-34(26)3)19-29(38)35-13-11-24(12-14-35)37-20-23-6-4-5-7-25(23)33-32(37)40/h4-9,18,21,24,28,31H,10-17,19-20H2,1-3H3,(H,33,40). The fourth-order valence-electron chi connectivity index (χ4n) is 6.37. The Kier molecular flexibility index (Phi) is 8.25. The molecule has 0 saturated carbocycles. The van der Waals surface area contributed by atoms with Gasteiger partial charge in [-0.15, -0.1) is 11.8 Å². The molecule has 2 unspecified atom stereocenters. The van der Waals surface area contributed by atoms with E-state index >= 15 is 0 Å². The molecule has 2 fully saturated rings. The van der Waals surface area contributed by atoms with Crippen molar-refractivity contribution in [1.82, 2.24) is 14.7 Å². The van der Waals surface area contributed by atoms with Crippen molar-refractivity contribution in [3.63, 3.8) is 0 Å². The summed E-state index contributed by atoms with van der Waals surface area (Å²) in [6, 6.07) is 14.2. The Labute approximate surface area is 252 Å². The lowest BCUT2D eigenvalue weighted by atomic mass is 10.0. The molecule has 42 heavy (non-hydrogen) atoms. The second kappa shape index (κ2) is 12.1. The van der Waals surface area contributed by atoms with Crippen molar-refractivity contribution in [3.05, 3.63) is 53.6 Å². The minimum Gasteiger partial charge on any atom is -0.490 e. The lowest BCUT2D eigenvalue weighted by Gasteiger charge is -2.40. The highest BCUT2D eigenvalue weighted by atomic mass is 32.2. The smallest absolute Gasteiger partial charge is 0.322 e. The second-order valence-corrected chi connectivity index (χ2v) is 13.5. The van der Waals surface area contributed by atoms with Crippen LogP contribution in [0.2, 0.25) is 0 Å². The number of hydrogen-bond acceptors (Lipinski definition) is 6. The van der Waals surface area contributed by atoms with Crippen molar-refractivity contribution in [3.8, 4) is 5.75 Å². The first-order valence-electron chi connectivity index (χ1n) is 15.2. The summed E-state index contributed by atoms with van der Waals surface area (Å²) in [6.07, 6.45) is 2.58. The van der Waals surface area contributed by atoms with Gasteiger partial charge in [-0.2, -0.15) is 0 Å². The molecule has 2 aromatic rings. The highest BCUT2D eigenvalue weighted by molar-refractivity contribution is 8.01. The number of hydrogen-bond donors (Lipinski definition) is 1. The van der Waals surface area contributed by atoms with Crippen molar-refractivity contribution in [2.24, 2.45) is 5.92 Å². The van der Waals surface area contributed by atoms with E-state index in [1.54, 1.807) is 11.8 Å². The van der Waals surface area contributed by atoms with Crippen LogP contribution in [0.1, 0.15) is 56.0 Å². The number of nitrogens with zero attached hydrogens (tertiary/aromatic N) is 4. The maximum Gasteiger partial charge on any atom is 0.322 e. The van der Waals surface area contributed by atoms with Crippen LogP contribution in [-0.4, -0.2) is 83.7 Å². The fourth-order valence-corrected chi connectivity index (χ4v) is 7.83. The predicted octanol–water partition coefficient (Wildman–Crippen LogP) is 4.93. The summed E-state index contributed by atoms with van der Waals surface area (Å²) in [7, 11) is 2.06. The molecule has 4 heterocycles. The first kappa shape index (κ1) is 28.7. The van der Waals surface area contributed by atoms with Gasteiger partial charge in [-0.25, -0.2) is 4.79 Å². The topological polar surface area (TPSA) is 85.4 Å². The van der Waals surface area contributed by atoms with E-state index in [-0.39, 0.29) is 35.7 Å². The number of urea groups is 1. The highest BCUT2D eigenvalue weighted by Crippen LogP contribution is 2.47. The van der Waals surface area contributed by atoms with Gasteiger partial charge in [0.1, 0.15) is 17.7 Å². The van der Waals surface area contributed by atoms with Crippen LogP contribution in [0.5, 0.6) is 5.75 Å². The summed E-state index contributed by atoms with van der Waals surface area (Å²) in [5.74, 6) is 1.40. The number of thioether (sulfide) groups is 1. The molecule has 1 N–H and O–H groups in total. The maximum absolute atomic E-state index is 13.7. The minimum atomic E-state index is -0.406. The van der Waals surface area contributed by atoms with Crippen molar-refractivity contribution in [2.45, 2.75) is 62.7 Å². The van der Waals surface area contributed by atoms with E-state index in [2.05, 4.69) is 49.3 Å². The number of carbonyl (C=O) groups is 3. The number of nitrogens with one attached hydrogen (secondary N) is 1. The number of carbonyl (C=O) groups excluding carboxylic acids is 3. The van der Waals surface area contributed by atoms with Gasteiger partial charge in [-0.3, -0.25) is 9.59 Å². The molecule has 10 heteroatoms. The summed E-state index contributed by atoms with van der Waals surface area (Å²) in [4.78, 5) is 47.9. The van der Waals surface area contributed by atoms with Crippen molar-refractivity contribution in [2.75, 3.05) is 50.1 Å². The number of likely N-dealkylation sites (N-methyl/N-ethyl adjacent to an activating group) is 1. The van der Waals surface area contributed by atoms with Gasteiger partial charge in [-0.1, -0.05) is 38.1 Å². The van der Waals surface area contributed by atoms with Gasteiger partial charge in [0.15, 0.2) is 0 Å². The SMILES string of the molecule is CC(C)CCN1C(=O)C(CC(=O)N2CCC(N3Cc4ccccc4NC3=O)CC2)SC1c1ccc2c(c1)OCCN2C. The third-order valence-corrected chi connectivity index (χ3v) is 10.4. The summed E-state index contributed by atoms with van der Waals surface area (Å²) in [5, 5.41) is 2.46. The fraction of sp³-hybridized carbons (Fsp3) is 0.531. The number of anilines is 2. The van der Waals surface area contributed by atoms with E-state index in [0.717, 1.165) is 54.1 Å². The minimum absolute atomic E-state index is 0.0209. The molecule has 9 nitrogen and oxygen atoms in total. The molecular formula is C32H41N5O4S. The number of likely N-dealkylation sites (tertiary alicyclic amines) is 1. The number of fused-ring (bicyclic) bond motifs is 2. The first-order valence-corrected chi connectivity index (χ1v) is 16.1. The molecule has 4 amide bonds. The number of para-hydroxylation sites is 1. The van der Waals surface area contributed by atoms with Gasteiger partial charge < -0.3 is 29.7 Å². The van der Waals surface area contributed by atoms with Crippen molar-refractivity contribution >= 4 is 41.0 Å². The van der Waals surface area contributed by atoms with E-state index < -0.39 is 5.25 Å². The number of amides is 4. The van der Waals surface area contributed by atoms with Gasteiger partial charge in [0.2, 0.25) is 11.8 Å². The van der Waals surface area contributed by atoms with Gasteiger partial charge in [0.25, 0.3) is 0 Å². The van der Waals surface area contributed by atoms with Crippen LogP contribution in [0.3, 0.4) is 0 Å². The molecule has 224 valence electrons. The normalized spacial score (nSPS) is 22.7. The van der Waals surface area contributed by atoms with Crippen LogP contribution in [-0.2, 0) is 16.1 Å². The molecule has 6 rings (SSSR count). The van der Waals surface area contributed by atoms with Crippen LogP contribution in [0.15, 0.2) is 42.5 Å². The third-order valence-electron chi connectivity index (χ3n) is 8.93. The molecule has 4 aliphatic rings. The predicted molar refractivity (Wildman–Crippen MR) is 166 cm³/mol. The zero-order chi connectivity index (χ0) is 29.4. The zero-order valence-electron chi connectivity index (χ0n) is 24.8. The Hall–Kier alpha value is -3.40. The monoisotopic (exact) mass is 591 g/mol. The van der Waals surface area contributed by atoms with E-state index in [1.165, 1.54) is 0 Å². The third kappa shape index (κ3) is 5.78. The van der Waals surface area contributed by atoms with Crippen molar-refractivity contribution in [1.29, 1.82) is 0 Å². The van der Waals surface area contributed by atoms with E-state index in [0.29, 0.717) is 38.7 Å². The Balaban J connectivity index is 1.09. The lowest BCUT2D eigenvalue weighted by molar-refractivity contribution is -0.137. The number of ether oxygens (including phenoxy) is 1. The second-order valence-electron chi connectivity index (χ2n) is 12.2. The van der Waals surface area contributed by atoms with Crippen molar-refractivity contribution < 1.29 is 19.1 Å². The molecule has 4 aliphatic heterocycles. The molecule has 2 saturated heterocycles. The highest BCUT2D eigenvalue weighted by Gasteiger charge is 2.43. The number of rotatable bonds is 7. The lowest BCUT2D eigenvalue weighted by Crippen LogP contribution is -2.51. The molecule has 0 aliphatic carbocycles. The van der Waals surface area contributed by atoms with E-state index in [1.807, 2.05) is 39.0 Å². The van der Waals surface area contributed by atoms with Gasteiger partial charge in [-0.05, 0) is 54.5 Å². The summed E-state index contributed by atoms with van der Waals surface area (Å²) in [6.45, 7) is 8.28. The molecular weight excluding hydrogens is 550 g/mol. The molecule has 0 spiro atoms. The molecule has 2 atom stereocenters. The Morgan fingerprint density at radius 3 is 2.67 bits per heavy atom. The van der Waals surface area contributed by atoms with Gasteiger partial charge >= 0.3 is 6.03 Å². The molecule has 0 bridgehead atoms. The summed E-state index contributed by atoms with van der Waals surface area (Å²) in [5.41, 5.74) is 4.10. The number of piperidine rings is 1. The zero-order valence-corrected chi connectivity index (χ0v) is 25.6. The number of benzene rings is 2. The van der Waals surface area contributed by atoms with Gasteiger partial charge in [0.05, 0.1) is 17.5 Å². The van der Waals surface area contributed by atoms with Crippen LogP contribution >= 0.6 is 11.8 Å². The maximum atomic E-state index is 13.7. The Morgan fingerprint density at radius 1 is 1.10 bits per heavy atom. The largest absolute Gasteiger partial charge is 0.490 e. The quantitative estimate of drug-likeness (QED) is 0.492. The Bertz CT molecular complexity index is 1340. The molecule has 2 aromatic carbocycles. The van der Waals surface area contributed by atoms with Crippen LogP contribution in [0.4, 0.5) is 16.2 Å². The van der Waals surface area contributed by atoms with E-state index in [4.69, 9.17) is 4.74 Å². The average molecular weight is 592 g/mol. The summed E-state index contributed by atoms with van der Waals surface area (Å²) >= 11 is 1.59. The first-order chi connectivity index (χ1) is 20.3. The van der Waals surface area contributed by atoms with Crippen LogP contribution in [0.25, 0.3) is 0 Å². The molecule has 0 radical (unpaired) electrons. The van der Waals surface area contributed by atoms with Crippen LogP contribution < -0.4 is 15.0 Å². The summed E-state index contributed by atoms with van der Waals surface area (Å²) < 4.78 is 5.96. The van der Waals surface area contributed by atoms with E-state index in [9.17, 15) is 14.4 Å². The average Bonchev–Trinajstić information content (AvgIpc) is 3.30. The Morgan fingerprint density at radius 2 is 1.88 bits per heavy atom. The molecule has 0 aromatic heterocycles. The van der Waals surface area contributed by atoms with Gasteiger partial charge in [0, 0.05) is 51.4 Å². The van der Waals surface area contributed by atoms with Crippen LogP contribution in [0, 0.1) is 5.92 Å².